The predicted molar refractivity (Wildman–Crippen MR) is 95.2 cm³/mol. The van der Waals surface area contributed by atoms with E-state index >= 15 is 0 Å². The average Bonchev–Trinajstić information content (AvgIpc) is 2.53. The molecule has 0 aliphatic rings. The minimum atomic E-state index is -0.0391. The third-order valence-electron chi connectivity index (χ3n) is 4.29. The highest BCUT2D eigenvalue weighted by Crippen LogP contribution is 2.10. The van der Waals surface area contributed by atoms with Crippen LogP contribution < -0.4 is 0 Å². The van der Waals surface area contributed by atoms with E-state index in [1.54, 1.807) is 0 Å². The Bertz CT molecular complexity index is 240. The minimum absolute atomic E-state index is 0.0391. The van der Waals surface area contributed by atoms with Crippen LogP contribution in [0.2, 0.25) is 0 Å². The highest BCUT2D eigenvalue weighted by Gasteiger charge is 2.05. The molecule has 3 heteroatoms. The zero-order chi connectivity index (χ0) is 16.5. The molecule has 22 heavy (non-hydrogen) atoms. The molecule has 0 unspecified atom stereocenters. The molecular formula is C19H39NO2. The lowest BCUT2D eigenvalue weighted by Crippen LogP contribution is -2.26. The zero-order valence-electron chi connectivity index (χ0n) is 15.4. The van der Waals surface area contributed by atoms with Gasteiger partial charge in [-0.2, -0.15) is 0 Å². The first-order valence-corrected chi connectivity index (χ1v) is 9.62. The number of esters is 1. The molecule has 0 saturated heterocycles. The molecule has 0 aromatic heterocycles. The molecule has 0 heterocycles. The number of unbranched alkanes of at least 4 members (excludes halogenated alkanes) is 9. The third kappa shape index (κ3) is 14.4. The number of ether oxygens (including phenoxy) is 1. The van der Waals surface area contributed by atoms with Gasteiger partial charge >= 0.3 is 5.97 Å². The first-order chi connectivity index (χ1) is 10.7. The van der Waals surface area contributed by atoms with Gasteiger partial charge in [0.1, 0.15) is 0 Å². The summed E-state index contributed by atoms with van der Waals surface area (Å²) in [5.74, 6) is -0.0391. The van der Waals surface area contributed by atoms with Gasteiger partial charge in [-0.15, -0.1) is 0 Å². The van der Waals surface area contributed by atoms with Gasteiger partial charge in [0, 0.05) is 6.54 Å². The molecule has 0 fully saturated rings. The Labute approximate surface area is 138 Å². The first kappa shape index (κ1) is 21.4. The molecule has 132 valence electrons. The van der Waals surface area contributed by atoms with Crippen molar-refractivity contribution >= 4 is 5.97 Å². The molecule has 0 aliphatic heterocycles. The average molecular weight is 314 g/mol. The maximum atomic E-state index is 11.6. The lowest BCUT2D eigenvalue weighted by atomic mass is 10.1. The van der Waals surface area contributed by atoms with Crippen LogP contribution in [-0.2, 0) is 9.53 Å². The van der Waals surface area contributed by atoms with Gasteiger partial charge in [0.05, 0.1) is 13.0 Å². The van der Waals surface area contributed by atoms with Crippen molar-refractivity contribution in [2.24, 2.45) is 0 Å². The van der Waals surface area contributed by atoms with Crippen molar-refractivity contribution in [3.63, 3.8) is 0 Å². The smallest absolute Gasteiger partial charge is 0.307 e. The summed E-state index contributed by atoms with van der Waals surface area (Å²) in [6, 6.07) is 0. The number of hydrogen-bond acceptors (Lipinski definition) is 3. The monoisotopic (exact) mass is 313 g/mol. The van der Waals surface area contributed by atoms with Gasteiger partial charge in [0.2, 0.25) is 0 Å². The summed E-state index contributed by atoms with van der Waals surface area (Å²) >= 11 is 0. The molecular weight excluding hydrogens is 274 g/mol. The van der Waals surface area contributed by atoms with Crippen molar-refractivity contribution in [2.45, 2.75) is 91.4 Å². The Morgan fingerprint density at radius 1 is 0.773 bits per heavy atom. The second-order valence-corrected chi connectivity index (χ2v) is 6.18. The summed E-state index contributed by atoms with van der Waals surface area (Å²) in [7, 11) is 0. The summed E-state index contributed by atoms with van der Waals surface area (Å²) in [4.78, 5) is 13.8. The lowest BCUT2D eigenvalue weighted by molar-refractivity contribution is -0.144. The summed E-state index contributed by atoms with van der Waals surface area (Å²) < 4.78 is 5.29. The Hall–Kier alpha value is -0.570. The van der Waals surface area contributed by atoms with Crippen molar-refractivity contribution in [1.29, 1.82) is 0 Å². The van der Waals surface area contributed by atoms with Crippen LogP contribution in [0.3, 0.4) is 0 Å². The summed E-state index contributed by atoms with van der Waals surface area (Å²) in [5.41, 5.74) is 0. The number of hydrogen-bond donors (Lipinski definition) is 0. The van der Waals surface area contributed by atoms with E-state index in [9.17, 15) is 4.79 Å². The van der Waals surface area contributed by atoms with E-state index in [0.29, 0.717) is 13.0 Å². The SMILES string of the molecule is CCCCCCCCCCCCOC(=O)CCN(CC)CC. The van der Waals surface area contributed by atoms with E-state index in [1.807, 2.05) is 0 Å². The fourth-order valence-electron chi connectivity index (χ4n) is 2.64. The largest absolute Gasteiger partial charge is 0.466 e. The normalized spacial score (nSPS) is 11.1. The second-order valence-electron chi connectivity index (χ2n) is 6.18. The van der Waals surface area contributed by atoms with Gasteiger partial charge in [-0.1, -0.05) is 78.6 Å². The standard InChI is InChI=1S/C19H39NO2/c1-4-7-8-9-10-11-12-13-14-15-18-22-19(21)16-17-20(5-2)6-3/h4-18H2,1-3H3. The van der Waals surface area contributed by atoms with Crippen LogP contribution in [0.25, 0.3) is 0 Å². The number of carbonyl (C=O) groups excluding carboxylic acids is 1. The summed E-state index contributed by atoms with van der Waals surface area (Å²) in [5, 5.41) is 0. The molecule has 0 aromatic rings. The van der Waals surface area contributed by atoms with Crippen molar-refractivity contribution in [3.8, 4) is 0 Å². The van der Waals surface area contributed by atoms with Crippen LogP contribution in [0.1, 0.15) is 91.4 Å². The molecule has 0 amide bonds. The number of carbonyl (C=O) groups is 1. The fourth-order valence-corrected chi connectivity index (χ4v) is 2.64. The van der Waals surface area contributed by atoms with E-state index in [1.165, 1.54) is 57.8 Å². The molecule has 0 saturated carbocycles. The van der Waals surface area contributed by atoms with Gasteiger partial charge in [0.15, 0.2) is 0 Å². The molecule has 0 aliphatic carbocycles. The van der Waals surface area contributed by atoms with Crippen molar-refractivity contribution < 1.29 is 9.53 Å². The van der Waals surface area contributed by atoms with Crippen LogP contribution in [-0.4, -0.2) is 37.1 Å². The van der Waals surface area contributed by atoms with Crippen LogP contribution in [0.4, 0.5) is 0 Å². The van der Waals surface area contributed by atoms with E-state index in [2.05, 4.69) is 25.7 Å². The van der Waals surface area contributed by atoms with Crippen molar-refractivity contribution in [2.75, 3.05) is 26.2 Å². The maximum absolute atomic E-state index is 11.6. The number of rotatable bonds is 16. The van der Waals surface area contributed by atoms with Crippen LogP contribution in [0, 0.1) is 0 Å². The lowest BCUT2D eigenvalue weighted by Gasteiger charge is -2.16. The van der Waals surface area contributed by atoms with Crippen molar-refractivity contribution in [1.82, 2.24) is 4.90 Å². The Morgan fingerprint density at radius 3 is 1.77 bits per heavy atom. The highest BCUT2D eigenvalue weighted by atomic mass is 16.5. The molecule has 0 rings (SSSR count). The molecule has 0 spiro atoms. The van der Waals surface area contributed by atoms with Crippen LogP contribution in [0.5, 0.6) is 0 Å². The first-order valence-electron chi connectivity index (χ1n) is 9.62. The van der Waals surface area contributed by atoms with E-state index in [4.69, 9.17) is 4.74 Å². The van der Waals surface area contributed by atoms with Gasteiger partial charge in [-0.25, -0.2) is 0 Å². The van der Waals surface area contributed by atoms with Gasteiger partial charge in [-0.05, 0) is 19.5 Å². The molecule has 3 nitrogen and oxygen atoms in total. The van der Waals surface area contributed by atoms with Crippen molar-refractivity contribution in [3.05, 3.63) is 0 Å². The topological polar surface area (TPSA) is 29.5 Å². The van der Waals surface area contributed by atoms with Crippen LogP contribution >= 0.6 is 0 Å². The van der Waals surface area contributed by atoms with Gasteiger partial charge in [0.25, 0.3) is 0 Å². The molecule has 0 aromatic carbocycles. The molecule has 0 bridgehead atoms. The predicted octanol–water partition coefficient (Wildman–Crippen LogP) is 5.18. The zero-order valence-corrected chi connectivity index (χ0v) is 15.4. The van der Waals surface area contributed by atoms with E-state index < -0.39 is 0 Å². The fraction of sp³-hybridized carbons (Fsp3) is 0.947. The number of nitrogens with zero attached hydrogens (tertiary/aromatic N) is 1. The van der Waals surface area contributed by atoms with Crippen LogP contribution in [0.15, 0.2) is 0 Å². The molecule has 0 radical (unpaired) electrons. The quantitative estimate of drug-likeness (QED) is 0.290. The maximum Gasteiger partial charge on any atom is 0.307 e. The van der Waals surface area contributed by atoms with E-state index in [-0.39, 0.29) is 5.97 Å². The highest BCUT2D eigenvalue weighted by molar-refractivity contribution is 5.69. The minimum Gasteiger partial charge on any atom is -0.466 e. The van der Waals surface area contributed by atoms with Gasteiger partial charge < -0.3 is 9.64 Å². The van der Waals surface area contributed by atoms with E-state index in [0.717, 1.165) is 26.1 Å². The Kier molecular flexibility index (Phi) is 16.4. The summed E-state index contributed by atoms with van der Waals surface area (Å²) in [6.07, 6.45) is 13.6. The molecule has 0 N–H and O–H groups in total. The summed E-state index contributed by atoms with van der Waals surface area (Å²) in [6.45, 7) is 9.94. The third-order valence-corrected chi connectivity index (χ3v) is 4.29. The Morgan fingerprint density at radius 2 is 1.27 bits per heavy atom. The molecule has 0 atom stereocenters. The Balaban J connectivity index is 3.23. The van der Waals surface area contributed by atoms with Gasteiger partial charge in [-0.3, -0.25) is 4.79 Å². The second kappa shape index (κ2) is 16.8.